The molecular formula is C13H17BrN2O. The molecule has 2 rings (SSSR count). The van der Waals surface area contributed by atoms with E-state index in [9.17, 15) is 4.79 Å². The van der Waals surface area contributed by atoms with Gasteiger partial charge in [-0.2, -0.15) is 0 Å². The molecule has 92 valence electrons. The fraction of sp³-hybridized carbons (Fsp3) is 0.462. The molecule has 0 radical (unpaired) electrons. The molecule has 17 heavy (non-hydrogen) atoms. The van der Waals surface area contributed by atoms with E-state index >= 15 is 0 Å². The Bertz CT molecular complexity index is 414. The van der Waals surface area contributed by atoms with Crippen molar-refractivity contribution in [1.29, 1.82) is 0 Å². The Morgan fingerprint density at radius 3 is 2.88 bits per heavy atom. The Balaban J connectivity index is 2.14. The number of para-hydroxylation sites is 1. The van der Waals surface area contributed by atoms with Crippen LogP contribution in [0, 0.1) is 5.41 Å². The molecule has 1 aliphatic rings. The van der Waals surface area contributed by atoms with E-state index in [0.29, 0.717) is 0 Å². The number of hydrogen-bond acceptors (Lipinski definition) is 2. The largest absolute Gasteiger partial charge is 0.325 e. The van der Waals surface area contributed by atoms with Crippen molar-refractivity contribution in [2.45, 2.75) is 19.8 Å². The van der Waals surface area contributed by atoms with Gasteiger partial charge in [0, 0.05) is 11.0 Å². The summed E-state index contributed by atoms with van der Waals surface area (Å²) in [6.45, 7) is 3.78. The fourth-order valence-electron chi connectivity index (χ4n) is 2.22. The molecule has 1 fully saturated rings. The van der Waals surface area contributed by atoms with Gasteiger partial charge in [0.05, 0.1) is 11.1 Å². The highest BCUT2D eigenvalue weighted by molar-refractivity contribution is 9.10. The first-order valence-corrected chi connectivity index (χ1v) is 6.74. The van der Waals surface area contributed by atoms with Crippen molar-refractivity contribution in [2.75, 3.05) is 18.4 Å². The first kappa shape index (κ1) is 12.6. The zero-order valence-electron chi connectivity index (χ0n) is 9.92. The topological polar surface area (TPSA) is 41.1 Å². The van der Waals surface area contributed by atoms with Crippen LogP contribution in [0.3, 0.4) is 0 Å². The minimum absolute atomic E-state index is 0.122. The maximum absolute atomic E-state index is 12.3. The Hall–Kier alpha value is -0.870. The van der Waals surface area contributed by atoms with Gasteiger partial charge in [-0.1, -0.05) is 19.1 Å². The van der Waals surface area contributed by atoms with Crippen LogP contribution in [0.15, 0.2) is 28.7 Å². The van der Waals surface area contributed by atoms with Crippen molar-refractivity contribution in [2.24, 2.45) is 5.41 Å². The molecule has 0 saturated carbocycles. The van der Waals surface area contributed by atoms with Gasteiger partial charge in [-0.25, -0.2) is 0 Å². The number of carbonyl (C=O) groups is 1. The van der Waals surface area contributed by atoms with Crippen LogP contribution in [0.25, 0.3) is 0 Å². The summed E-state index contributed by atoms with van der Waals surface area (Å²) in [7, 11) is 0. The molecule has 1 aromatic rings. The Morgan fingerprint density at radius 2 is 2.29 bits per heavy atom. The molecule has 1 atom stereocenters. The average Bonchev–Trinajstić information content (AvgIpc) is 2.82. The zero-order chi connectivity index (χ0) is 12.3. The molecule has 0 aromatic heterocycles. The van der Waals surface area contributed by atoms with Crippen LogP contribution in [0.5, 0.6) is 0 Å². The summed E-state index contributed by atoms with van der Waals surface area (Å²) in [5.41, 5.74) is 0.604. The number of nitrogens with one attached hydrogen (secondary N) is 2. The second kappa shape index (κ2) is 5.19. The van der Waals surface area contributed by atoms with Crippen molar-refractivity contribution < 1.29 is 4.79 Å². The lowest BCUT2D eigenvalue weighted by Crippen LogP contribution is -2.37. The summed E-state index contributed by atoms with van der Waals surface area (Å²) in [6, 6.07) is 7.70. The molecule has 1 aliphatic heterocycles. The third-order valence-corrected chi connectivity index (χ3v) is 4.22. The monoisotopic (exact) mass is 296 g/mol. The van der Waals surface area contributed by atoms with Crippen LogP contribution in [0.4, 0.5) is 5.69 Å². The second-order valence-corrected chi connectivity index (χ2v) is 5.35. The summed E-state index contributed by atoms with van der Waals surface area (Å²) in [4.78, 5) is 12.3. The summed E-state index contributed by atoms with van der Waals surface area (Å²) < 4.78 is 0.922. The fourth-order valence-corrected chi connectivity index (χ4v) is 2.60. The van der Waals surface area contributed by atoms with Gasteiger partial charge in [-0.05, 0) is 47.4 Å². The standard InChI is InChI=1S/C13H17BrN2O/c1-2-13(7-8-15-9-13)12(17)16-11-6-4-3-5-10(11)14/h3-6,15H,2,7-9H2,1H3,(H,16,17). The van der Waals surface area contributed by atoms with Crippen LogP contribution < -0.4 is 10.6 Å². The number of anilines is 1. The highest BCUT2D eigenvalue weighted by atomic mass is 79.9. The number of halogens is 1. The molecule has 0 spiro atoms. The van der Waals surface area contributed by atoms with E-state index in [-0.39, 0.29) is 11.3 Å². The molecule has 1 saturated heterocycles. The maximum atomic E-state index is 12.3. The van der Waals surface area contributed by atoms with Gasteiger partial charge >= 0.3 is 0 Å². The molecule has 1 unspecified atom stereocenters. The van der Waals surface area contributed by atoms with E-state index in [4.69, 9.17) is 0 Å². The van der Waals surface area contributed by atoms with E-state index in [1.54, 1.807) is 0 Å². The average molecular weight is 297 g/mol. The number of benzene rings is 1. The third-order valence-electron chi connectivity index (χ3n) is 3.52. The van der Waals surface area contributed by atoms with Gasteiger partial charge in [-0.3, -0.25) is 4.79 Å². The van der Waals surface area contributed by atoms with Crippen LogP contribution in [0.1, 0.15) is 19.8 Å². The molecule has 4 heteroatoms. The normalized spacial score (nSPS) is 23.6. The maximum Gasteiger partial charge on any atom is 0.231 e. The van der Waals surface area contributed by atoms with Crippen LogP contribution in [-0.4, -0.2) is 19.0 Å². The molecule has 3 nitrogen and oxygen atoms in total. The summed E-state index contributed by atoms with van der Waals surface area (Å²) in [5, 5.41) is 6.29. The number of rotatable bonds is 3. The van der Waals surface area contributed by atoms with Gasteiger partial charge in [-0.15, -0.1) is 0 Å². The lowest BCUT2D eigenvalue weighted by Gasteiger charge is -2.25. The number of amides is 1. The Morgan fingerprint density at radius 1 is 1.53 bits per heavy atom. The van der Waals surface area contributed by atoms with Crippen molar-refractivity contribution in [1.82, 2.24) is 5.32 Å². The van der Waals surface area contributed by atoms with Crippen LogP contribution >= 0.6 is 15.9 Å². The minimum atomic E-state index is -0.241. The summed E-state index contributed by atoms with van der Waals surface area (Å²) >= 11 is 3.44. The van der Waals surface area contributed by atoms with Crippen molar-refractivity contribution in [3.05, 3.63) is 28.7 Å². The van der Waals surface area contributed by atoms with E-state index < -0.39 is 0 Å². The number of carbonyl (C=O) groups excluding carboxylic acids is 1. The Kier molecular flexibility index (Phi) is 3.84. The summed E-state index contributed by atoms with van der Waals surface area (Å²) in [6.07, 6.45) is 1.79. The lowest BCUT2D eigenvalue weighted by molar-refractivity contribution is -0.124. The first-order valence-electron chi connectivity index (χ1n) is 5.95. The third kappa shape index (κ3) is 2.53. The van der Waals surface area contributed by atoms with Crippen molar-refractivity contribution in [3.63, 3.8) is 0 Å². The molecule has 1 heterocycles. The molecule has 2 N–H and O–H groups in total. The minimum Gasteiger partial charge on any atom is -0.325 e. The quantitative estimate of drug-likeness (QED) is 0.900. The zero-order valence-corrected chi connectivity index (χ0v) is 11.5. The molecule has 1 aromatic carbocycles. The van der Waals surface area contributed by atoms with E-state index in [2.05, 4.69) is 33.5 Å². The van der Waals surface area contributed by atoms with Gasteiger partial charge in [0.2, 0.25) is 5.91 Å². The van der Waals surface area contributed by atoms with E-state index in [0.717, 1.165) is 36.1 Å². The van der Waals surface area contributed by atoms with Crippen LogP contribution in [-0.2, 0) is 4.79 Å². The molecule has 1 amide bonds. The predicted octanol–water partition coefficient (Wildman–Crippen LogP) is 2.78. The van der Waals surface area contributed by atoms with E-state index in [1.807, 2.05) is 24.3 Å². The lowest BCUT2D eigenvalue weighted by atomic mass is 9.83. The van der Waals surface area contributed by atoms with Crippen molar-refractivity contribution in [3.8, 4) is 0 Å². The van der Waals surface area contributed by atoms with Gasteiger partial charge < -0.3 is 10.6 Å². The van der Waals surface area contributed by atoms with E-state index in [1.165, 1.54) is 0 Å². The predicted molar refractivity (Wildman–Crippen MR) is 73.0 cm³/mol. The van der Waals surface area contributed by atoms with Crippen molar-refractivity contribution >= 4 is 27.5 Å². The van der Waals surface area contributed by atoms with Gasteiger partial charge in [0.15, 0.2) is 0 Å². The molecule has 0 bridgehead atoms. The molecular weight excluding hydrogens is 280 g/mol. The SMILES string of the molecule is CCC1(C(=O)Nc2ccccc2Br)CCNC1. The van der Waals surface area contributed by atoms with Crippen LogP contribution in [0.2, 0.25) is 0 Å². The molecule has 0 aliphatic carbocycles. The van der Waals surface area contributed by atoms with Gasteiger partial charge in [0.25, 0.3) is 0 Å². The smallest absolute Gasteiger partial charge is 0.231 e. The summed E-state index contributed by atoms with van der Waals surface area (Å²) in [5.74, 6) is 0.122. The number of hydrogen-bond donors (Lipinski definition) is 2. The highest BCUT2D eigenvalue weighted by Crippen LogP contribution is 2.32. The second-order valence-electron chi connectivity index (χ2n) is 4.49. The highest BCUT2D eigenvalue weighted by Gasteiger charge is 2.39. The van der Waals surface area contributed by atoms with Gasteiger partial charge in [0.1, 0.15) is 0 Å². The first-order chi connectivity index (χ1) is 8.18. The Labute approximate surface area is 110 Å².